The van der Waals surface area contributed by atoms with E-state index in [4.69, 9.17) is 24.7 Å². The van der Waals surface area contributed by atoms with Crippen molar-refractivity contribution in [1.82, 2.24) is 5.32 Å². The fourth-order valence-electron chi connectivity index (χ4n) is 5.81. The van der Waals surface area contributed by atoms with Crippen LogP contribution >= 0.6 is 0 Å². The zero-order valence-corrected chi connectivity index (χ0v) is 26.9. The molecule has 1 aliphatic carbocycles. The minimum absolute atomic E-state index is 0.0362. The van der Waals surface area contributed by atoms with Crippen LogP contribution in [0.15, 0.2) is 18.2 Å². The molecule has 0 spiro atoms. The smallest absolute Gasteiger partial charge is 0.308 e. The van der Waals surface area contributed by atoms with E-state index in [1.165, 1.54) is 7.11 Å². The zero-order chi connectivity index (χ0) is 31.2. The molecular weight excluding hydrogens is 536 g/mol. The van der Waals surface area contributed by atoms with Gasteiger partial charge in [-0.1, -0.05) is 33.8 Å². The second kappa shape index (κ2) is 18.3. The van der Waals surface area contributed by atoms with Crippen LogP contribution in [0.1, 0.15) is 78.2 Å². The first-order valence-electron chi connectivity index (χ1n) is 15.6. The SMILES string of the molecule is COCCCOc1cc(C[C@@H](C[C@H](N)[C@@H](O)C[C@H](C(=O)N[C@H]2CC[C@H](C(=O)OC)CC2)C(C)C)C(C)C)ccc1OC. The average Bonchev–Trinajstić information content (AvgIpc) is 2.97. The van der Waals surface area contributed by atoms with Gasteiger partial charge in [-0.25, -0.2) is 0 Å². The maximum absolute atomic E-state index is 13.3. The van der Waals surface area contributed by atoms with Gasteiger partial charge in [0.05, 0.1) is 32.8 Å². The standard InChI is InChI=1S/C33H56N2O7/c1-21(2)25(17-23-9-14-30(40-6)31(18-23)42-16-8-15-39-5)19-28(34)29(36)20-27(22(3)4)32(37)35-26-12-10-24(11-13-26)33(38)41-7/h9,14,18,21-22,24-29,36H,8,10-13,15-17,19-20,34H2,1-7H3,(H,35,37)/t24-,25-,26-,27-,28-,29-/m0/s1. The molecule has 1 fully saturated rings. The van der Waals surface area contributed by atoms with Gasteiger partial charge in [-0.15, -0.1) is 0 Å². The lowest BCUT2D eigenvalue weighted by Gasteiger charge is -2.32. The van der Waals surface area contributed by atoms with Crippen molar-refractivity contribution in [2.24, 2.45) is 35.3 Å². The van der Waals surface area contributed by atoms with Gasteiger partial charge in [0.15, 0.2) is 11.5 Å². The van der Waals surface area contributed by atoms with E-state index in [9.17, 15) is 14.7 Å². The number of benzene rings is 1. The summed E-state index contributed by atoms with van der Waals surface area (Å²) in [5.74, 6) is 1.39. The molecule has 0 aliphatic heterocycles. The number of nitrogens with two attached hydrogens (primary N) is 1. The lowest BCUT2D eigenvalue weighted by atomic mass is 9.80. The largest absolute Gasteiger partial charge is 0.493 e. The Labute approximate surface area is 253 Å². The summed E-state index contributed by atoms with van der Waals surface area (Å²) in [5, 5.41) is 14.3. The Kier molecular flexibility index (Phi) is 15.6. The minimum Gasteiger partial charge on any atom is -0.493 e. The summed E-state index contributed by atoms with van der Waals surface area (Å²) in [7, 11) is 4.72. The molecule has 4 atom stereocenters. The van der Waals surface area contributed by atoms with Crippen LogP contribution in [-0.4, -0.2) is 69.7 Å². The molecule has 9 heteroatoms. The Morgan fingerprint density at radius 2 is 1.67 bits per heavy atom. The summed E-state index contributed by atoms with van der Waals surface area (Å²) in [5.41, 5.74) is 7.71. The van der Waals surface area contributed by atoms with Crippen LogP contribution in [0.2, 0.25) is 0 Å². The highest BCUT2D eigenvalue weighted by molar-refractivity contribution is 5.79. The minimum atomic E-state index is -0.796. The molecular formula is C33H56N2O7. The number of methoxy groups -OCH3 is 3. The summed E-state index contributed by atoms with van der Waals surface area (Å²) in [6, 6.07) is 5.59. The fourth-order valence-corrected chi connectivity index (χ4v) is 5.81. The normalized spacial score (nSPS) is 20.1. The number of amides is 1. The van der Waals surface area contributed by atoms with Crippen molar-refractivity contribution in [3.63, 3.8) is 0 Å². The maximum atomic E-state index is 13.3. The molecule has 2 rings (SSSR count). The van der Waals surface area contributed by atoms with Crippen molar-refractivity contribution in [2.45, 2.75) is 97.2 Å². The van der Waals surface area contributed by atoms with E-state index in [0.717, 1.165) is 31.2 Å². The van der Waals surface area contributed by atoms with E-state index in [-0.39, 0.29) is 41.6 Å². The summed E-state index contributed by atoms with van der Waals surface area (Å²) in [6.45, 7) is 9.54. The van der Waals surface area contributed by atoms with Crippen molar-refractivity contribution < 1.29 is 33.6 Å². The maximum Gasteiger partial charge on any atom is 0.308 e. The number of rotatable bonds is 18. The van der Waals surface area contributed by atoms with Gasteiger partial charge in [0.2, 0.25) is 5.91 Å². The number of carbonyl (C=O) groups is 2. The fraction of sp³-hybridized carbons (Fsp3) is 0.758. The van der Waals surface area contributed by atoms with Crippen LogP contribution in [0.4, 0.5) is 0 Å². The first kappa shape index (κ1) is 35.8. The summed E-state index contributed by atoms with van der Waals surface area (Å²) >= 11 is 0. The second-order valence-electron chi connectivity index (χ2n) is 12.5. The molecule has 42 heavy (non-hydrogen) atoms. The van der Waals surface area contributed by atoms with Crippen LogP contribution in [-0.2, 0) is 25.5 Å². The first-order chi connectivity index (χ1) is 20.0. The number of aliphatic hydroxyl groups is 1. The number of aliphatic hydroxyl groups excluding tert-OH is 1. The molecule has 9 nitrogen and oxygen atoms in total. The van der Waals surface area contributed by atoms with E-state index in [1.54, 1.807) is 14.2 Å². The molecule has 0 saturated heterocycles. The van der Waals surface area contributed by atoms with E-state index < -0.39 is 12.1 Å². The molecule has 1 saturated carbocycles. The lowest BCUT2D eigenvalue weighted by molar-refractivity contribution is -0.146. The highest BCUT2D eigenvalue weighted by atomic mass is 16.5. The van der Waals surface area contributed by atoms with Gasteiger partial charge in [-0.05, 0) is 80.4 Å². The monoisotopic (exact) mass is 592 g/mol. The Morgan fingerprint density at radius 1 is 0.976 bits per heavy atom. The van der Waals surface area contributed by atoms with Crippen molar-refractivity contribution in [1.29, 1.82) is 0 Å². The van der Waals surface area contributed by atoms with E-state index in [0.29, 0.717) is 56.3 Å². The van der Waals surface area contributed by atoms with Crippen LogP contribution in [0.3, 0.4) is 0 Å². The number of hydrogen-bond acceptors (Lipinski definition) is 8. The van der Waals surface area contributed by atoms with Gasteiger partial charge in [-0.2, -0.15) is 0 Å². The van der Waals surface area contributed by atoms with Gasteiger partial charge >= 0.3 is 5.97 Å². The molecule has 1 aromatic rings. The van der Waals surface area contributed by atoms with E-state index in [1.807, 2.05) is 26.0 Å². The predicted molar refractivity (Wildman–Crippen MR) is 164 cm³/mol. The summed E-state index contributed by atoms with van der Waals surface area (Å²) < 4.78 is 21.4. The molecule has 1 aliphatic rings. The first-order valence-corrected chi connectivity index (χ1v) is 15.6. The van der Waals surface area contributed by atoms with E-state index >= 15 is 0 Å². The Morgan fingerprint density at radius 3 is 2.24 bits per heavy atom. The molecule has 0 radical (unpaired) electrons. The third kappa shape index (κ3) is 11.4. The number of ether oxygens (including phenoxy) is 4. The number of nitrogens with one attached hydrogen (secondary N) is 1. The van der Waals surface area contributed by atoms with E-state index in [2.05, 4.69) is 25.2 Å². The lowest BCUT2D eigenvalue weighted by Crippen LogP contribution is -2.46. The molecule has 4 N–H and O–H groups in total. The zero-order valence-electron chi connectivity index (χ0n) is 26.9. The topological polar surface area (TPSA) is 129 Å². The van der Waals surface area contributed by atoms with Gasteiger partial charge in [0.1, 0.15) is 0 Å². The highest BCUT2D eigenvalue weighted by Gasteiger charge is 2.33. The number of hydrogen-bond donors (Lipinski definition) is 3. The Hall–Kier alpha value is -2.36. The van der Waals surface area contributed by atoms with Crippen LogP contribution < -0.4 is 20.5 Å². The van der Waals surface area contributed by atoms with Gasteiger partial charge < -0.3 is 35.1 Å². The predicted octanol–water partition coefficient (Wildman–Crippen LogP) is 4.51. The molecule has 0 unspecified atom stereocenters. The van der Waals surface area contributed by atoms with Crippen molar-refractivity contribution in [3.8, 4) is 11.5 Å². The van der Waals surface area contributed by atoms with Gasteiger partial charge in [0.25, 0.3) is 0 Å². The third-order valence-corrected chi connectivity index (χ3v) is 8.73. The van der Waals surface area contributed by atoms with Gasteiger partial charge in [-0.3, -0.25) is 9.59 Å². The molecule has 1 aromatic carbocycles. The quantitative estimate of drug-likeness (QED) is 0.168. The number of esters is 1. The number of carbonyl (C=O) groups excluding carboxylic acids is 2. The van der Waals surface area contributed by atoms with Crippen LogP contribution in [0, 0.1) is 29.6 Å². The Balaban J connectivity index is 1.98. The third-order valence-electron chi connectivity index (χ3n) is 8.73. The van der Waals surface area contributed by atoms with Crippen LogP contribution in [0.25, 0.3) is 0 Å². The molecule has 0 aromatic heterocycles. The van der Waals surface area contributed by atoms with Crippen LogP contribution in [0.5, 0.6) is 11.5 Å². The molecule has 0 heterocycles. The van der Waals surface area contributed by atoms with Crippen molar-refractivity contribution >= 4 is 11.9 Å². The van der Waals surface area contributed by atoms with Crippen molar-refractivity contribution in [2.75, 3.05) is 34.5 Å². The van der Waals surface area contributed by atoms with Gasteiger partial charge in [0, 0.05) is 38.1 Å². The second-order valence-corrected chi connectivity index (χ2v) is 12.5. The molecule has 240 valence electrons. The highest BCUT2D eigenvalue weighted by Crippen LogP contribution is 2.32. The average molecular weight is 593 g/mol. The molecule has 0 bridgehead atoms. The summed E-state index contributed by atoms with van der Waals surface area (Å²) in [6.07, 6.45) is 4.66. The Bertz CT molecular complexity index is 946. The molecule has 1 amide bonds. The summed E-state index contributed by atoms with van der Waals surface area (Å²) in [4.78, 5) is 25.1. The van der Waals surface area contributed by atoms with Crippen molar-refractivity contribution in [3.05, 3.63) is 23.8 Å².